The summed E-state index contributed by atoms with van der Waals surface area (Å²) in [5, 5.41) is 3.59. The molecule has 1 fully saturated rings. The summed E-state index contributed by atoms with van der Waals surface area (Å²) in [6.07, 6.45) is 1.18. The average molecular weight is 225 g/mol. The SMILES string of the molecule is NC1CC(=O)NC(c2cccc(Cl)c2)C1. The summed E-state index contributed by atoms with van der Waals surface area (Å²) in [4.78, 5) is 11.3. The molecule has 1 saturated heterocycles. The molecule has 3 N–H and O–H groups in total. The molecule has 0 radical (unpaired) electrons. The Morgan fingerprint density at radius 2 is 2.27 bits per heavy atom. The van der Waals surface area contributed by atoms with Crippen LogP contribution in [-0.2, 0) is 4.79 Å². The van der Waals surface area contributed by atoms with Crippen molar-refractivity contribution in [3.63, 3.8) is 0 Å². The van der Waals surface area contributed by atoms with Crippen LogP contribution in [0.4, 0.5) is 0 Å². The molecule has 0 aromatic heterocycles. The van der Waals surface area contributed by atoms with E-state index in [0.717, 1.165) is 12.0 Å². The van der Waals surface area contributed by atoms with Crippen LogP contribution in [0.1, 0.15) is 24.4 Å². The Morgan fingerprint density at radius 3 is 2.93 bits per heavy atom. The van der Waals surface area contributed by atoms with Crippen molar-refractivity contribution >= 4 is 17.5 Å². The maximum absolute atomic E-state index is 11.3. The molecule has 0 aliphatic carbocycles. The smallest absolute Gasteiger partial charge is 0.222 e. The highest BCUT2D eigenvalue weighted by atomic mass is 35.5. The maximum Gasteiger partial charge on any atom is 0.222 e. The van der Waals surface area contributed by atoms with Gasteiger partial charge in [0.2, 0.25) is 5.91 Å². The lowest BCUT2D eigenvalue weighted by atomic mass is 9.94. The van der Waals surface area contributed by atoms with Crippen molar-refractivity contribution in [3.8, 4) is 0 Å². The second kappa shape index (κ2) is 4.21. The van der Waals surface area contributed by atoms with Gasteiger partial charge in [0.05, 0.1) is 6.04 Å². The van der Waals surface area contributed by atoms with Crippen LogP contribution in [0.5, 0.6) is 0 Å². The molecule has 0 spiro atoms. The molecule has 1 aromatic rings. The van der Waals surface area contributed by atoms with E-state index in [9.17, 15) is 4.79 Å². The van der Waals surface area contributed by atoms with E-state index in [-0.39, 0.29) is 18.0 Å². The molecule has 0 bridgehead atoms. The number of rotatable bonds is 1. The van der Waals surface area contributed by atoms with Crippen LogP contribution in [0, 0.1) is 0 Å². The first-order valence-corrected chi connectivity index (χ1v) is 5.33. The first-order valence-electron chi connectivity index (χ1n) is 4.95. The minimum atomic E-state index is -0.0530. The minimum Gasteiger partial charge on any atom is -0.349 e. The van der Waals surface area contributed by atoms with E-state index in [4.69, 9.17) is 17.3 Å². The molecule has 80 valence electrons. The zero-order chi connectivity index (χ0) is 10.8. The number of hydrogen-bond acceptors (Lipinski definition) is 2. The number of nitrogens with two attached hydrogens (primary N) is 1. The topological polar surface area (TPSA) is 55.1 Å². The van der Waals surface area contributed by atoms with E-state index < -0.39 is 0 Å². The Kier molecular flexibility index (Phi) is 2.93. The van der Waals surface area contributed by atoms with E-state index >= 15 is 0 Å². The molecule has 1 aliphatic heterocycles. The van der Waals surface area contributed by atoms with Gasteiger partial charge in [0.1, 0.15) is 0 Å². The van der Waals surface area contributed by atoms with Crippen LogP contribution in [0.25, 0.3) is 0 Å². The highest BCUT2D eigenvalue weighted by molar-refractivity contribution is 6.30. The average Bonchev–Trinajstić information content (AvgIpc) is 2.16. The second-order valence-electron chi connectivity index (χ2n) is 3.88. The molecule has 1 heterocycles. The number of halogens is 1. The third kappa shape index (κ3) is 2.49. The monoisotopic (exact) mass is 224 g/mol. The van der Waals surface area contributed by atoms with Crippen molar-refractivity contribution in [1.82, 2.24) is 5.32 Å². The number of nitrogens with one attached hydrogen (secondary N) is 1. The van der Waals surface area contributed by atoms with Gasteiger partial charge >= 0.3 is 0 Å². The lowest BCUT2D eigenvalue weighted by Crippen LogP contribution is -2.42. The molecule has 1 aromatic carbocycles. The van der Waals surface area contributed by atoms with Crippen LogP contribution in [0.2, 0.25) is 5.02 Å². The van der Waals surface area contributed by atoms with Crippen molar-refractivity contribution < 1.29 is 4.79 Å². The van der Waals surface area contributed by atoms with Crippen LogP contribution in [0.3, 0.4) is 0 Å². The van der Waals surface area contributed by atoms with E-state index in [0.29, 0.717) is 11.4 Å². The maximum atomic E-state index is 11.3. The number of carbonyl (C=O) groups is 1. The molecular weight excluding hydrogens is 212 g/mol. The van der Waals surface area contributed by atoms with Crippen LogP contribution in [-0.4, -0.2) is 11.9 Å². The van der Waals surface area contributed by atoms with Gasteiger partial charge < -0.3 is 11.1 Å². The third-order valence-electron chi connectivity index (χ3n) is 2.57. The summed E-state index contributed by atoms with van der Waals surface area (Å²) in [6, 6.07) is 7.46. The molecule has 4 heteroatoms. The highest BCUT2D eigenvalue weighted by Crippen LogP contribution is 2.24. The molecule has 2 rings (SSSR count). The lowest BCUT2D eigenvalue weighted by Gasteiger charge is -2.28. The van der Waals surface area contributed by atoms with Crippen molar-refractivity contribution in [1.29, 1.82) is 0 Å². The van der Waals surface area contributed by atoms with Gasteiger partial charge in [-0.25, -0.2) is 0 Å². The number of benzene rings is 1. The fourth-order valence-electron chi connectivity index (χ4n) is 1.88. The summed E-state index contributed by atoms with van der Waals surface area (Å²) in [5.74, 6) is 0.0127. The summed E-state index contributed by atoms with van der Waals surface area (Å²) < 4.78 is 0. The van der Waals surface area contributed by atoms with Gasteiger partial charge in [-0.05, 0) is 24.1 Å². The van der Waals surface area contributed by atoms with Crippen molar-refractivity contribution in [2.75, 3.05) is 0 Å². The van der Waals surface area contributed by atoms with Crippen LogP contribution >= 0.6 is 11.6 Å². The molecule has 2 atom stereocenters. The standard InChI is InChI=1S/C11H13ClN2O/c12-8-3-1-2-7(4-8)10-5-9(13)6-11(15)14-10/h1-4,9-10H,5-6,13H2,(H,14,15). The van der Waals surface area contributed by atoms with E-state index in [1.165, 1.54) is 0 Å². The molecule has 3 nitrogen and oxygen atoms in total. The zero-order valence-corrected chi connectivity index (χ0v) is 9.00. The second-order valence-corrected chi connectivity index (χ2v) is 4.31. The molecule has 0 saturated carbocycles. The van der Waals surface area contributed by atoms with Crippen molar-refractivity contribution in [2.24, 2.45) is 5.73 Å². The van der Waals surface area contributed by atoms with E-state index in [1.807, 2.05) is 24.3 Å². The number of carbonyl (C=O) groups excluding carboxylic acids is 1. The first kappa shape index (κ1) is 10.5. The lowest BCUT2D eigenvalue weighted by molar-refractivity contribution is -0.123. The summed E-state index contributed by atoms with van der Waals surface area (Å²) >= 11 is 5.89. The minimum absolute atomic E-state index is 0.0000463. The van der Waals surface area contributed by atoms with Gasteiger partial charge in [-0.1, -0.05) is 23.7 Å². The Morgan fingerprint density at radius 1 is 1.47 bits per heavy atom. The summed E-state index contributed by atoms with van der Waals surface area (Å²) in [6.45, 7) is 0. The van der Waals surface area contributed by atoms with Crippen molar-refractivity contribution in [3.05, 3.63) is 34.9 Å². The third-order valence-corrected chi connectivity index (χ3v) is 2.81. The van der Waals surface area contributed by atoms with Crippen molar-refractivity contribution in [2.45, 2.75) is 24.9 Å². The Labute approximate surface area is 93.6 Å². The van der Waals surface area contributed by atoms with Gasteiger partial charge in [0.25, 0.3) is 0 Å². The largest absolute Gasteiger partial charge is 0.349 e. The van der Waals surface area contributed by atoms with Gasteiger partial charge in [-0.2, -0.15) is 0 Å². The summed E-state index contributed by atoms with van der Waals surface area (Å²) in [5.41, 5.74) is 6.82. The summed E-state index contributed by atoms with van der Waals surface area (Å²) in [7, 11) is 0. The Hall–Kier alpha value is -1.06. The van der Waals surface area contributed by atoms with Gasteiger partial charge in [-0.15, -0.1) is 0 Å². The number of amides is 1. The predicted octanol–water partition coefficient (Wildman–Crippen LogP) is 1.62. The molecule has 1 aliphatic rings. The van der Waals surface area contributed by atoms with Crippen LogP contribution < -0.4 is 11.1 Å². The Bertz CT molecular complexity index is 381. The fraction of sp³-hybridized carbons (Fsp3) is 0.364. The van der Waals surface area contributed by atoms with E-state index in [1.54, 1.807) is 0 Å². The fourth-order valence-corrected chi connectivity index (χ4v) is 2.08. The zero-order valence-electron chi connectivity index (χ0n) is 8.24. The first-order chi connectivity index (χ1) is 7.15. The number of hydrogen-bond donors (Lipinski definition) is 2. The van der Waals surface area contributed by atoms with Gasteiger partial charge in [0.15, 0.2) is 0 Å². The molecule has 2 unspecified atom stereocenters. The normalized spacial score (nSPS) is 26.1. The molecule has 1 amide bonds. The highest BCUT2D eigenvalue weighted by Gasteiger charge is 2.25. The van der Waals surface area contributed by atoms with E-state index in [2.05, 4.69) is 5.32 Å². The predicted molar refractivity (Wildman–Crippen MR) is 59.5 cm³/mol. The molecular formula is C11H13ClN2O. The Balaban J connectivity index is 2.19. The van der Waals surface area contributed by atoms with Crippen LogP contribution in [0.15, 0.2) is 24.3 Å². The quantitative estimate of drug-likeness (QED) is 0.762. The number of piperidine rings is 1. The van der Waals surface area contributed by atoms with Gasteiger partial charge in [0, 0.05) is 17.5 Å². The van der Waals surface area contributed by atoms with Gasteiger partial charge in [-0.3, -0.25) is 4.79 Å². The molecule has 15 heavy (non-hydrogen) atoms.